The molecule has 9 heterocycles. The zero-order chi connectivity index (χ0) is 50.1. The zero-order valence-electron chi connectivity index (χ0n) is 39.0. The first kappa shape index (κ1) is 44.9. The lowest BCUT2D eigenvalue weighted by molar-refractivity contribution is -0.125. The Morgan fingerprint density at radius 2 is 1.15 bits per heavy atom. The number of aromatic carboxylic acids is 1. The fourth-order valence-corrected chi connectivity index (χ4v) is 8.87. The Hall–Kier alpha value is -9.26. The van der Waals surface area contributed by atoms with Gasteiger partial charge < -0.3 is 25.5 Å². The van der Waals surface area contributed by atoms with Gasteiger partial charge in [-0.05, 0) is 80.8 Å². The van der Waals surface area contributed by atoms with Crippen molar-refractivity contribution in [2.24, 2.45) is 0 Å². The third kappa shape index (κ3) is 8.74. The average molecular weight is 985 g/mol. The van der Waals surface area contributed by atoms with Crippen LogP contribution in [0.2, 0.25) is 0 Å². The highest BCUT2D eigenvalue weighted by molar-refractivity contribution is 6.16. The van der Waals surface area contributed by atoms with E-state index in [-0.39, 0.29) is 42.2 Å². The number of nitrogens with one attached hydrogen (secondary N) is 4. The molecule has 5 aliphatic rings. The average Bonchev–Trinajstić information content (AvgIpc) is 4.00. The van der Waals surface area contributed by atoms with Gasteiger partial charge in [-0.25, -0.2) is 14.8 Å². The van der Waals surface area contributed by atoms with Gasteiger partial charge in [0, 0.05) is 66.1 Å². The van der Waals surface area contributed by atoms with Crippen LogP contribution in [0, 0.1) is 0 Å². The molecule has 6 aromatic heterocycles. The molecular formula is C48H44N18O7. The first-order valence-corrected chi connectivity index (χ1v) is 23.8. The Labute approximate surface area is 412 Å². The number of aromatic nitrogens is 12. The van der Waals surface area contributed by atoms with E-state index < -0.39 is 17.8 Å². The summed E-state index contributed by atoms with van der Waals surface area (Å²) < 4.78 is 6.60. The van der Waals surface area contributed by atoms with Gasteiger partial charge in [-0.15, -0.1) is 0 Å². The Kier molecular flexibility index (Phi) is 11.0. The van der Waals surface area contributed by atoms with Crippen molar-refractivity contribution in [2.45, 2.75) is 57.5 Å². The van der Waals surface area contributed by atoms with Gasteiger partial charge in [0.2, 0.25) is 35.6 Å². The molecule has 5 fully saturated rings. The lowest BCUT2D eigenvalue weighted by Crippen LogP contribution is -2.48. The number of imide groups is 2. The Morgan fingerprint density at radius 1 is 0.671 bits per heavy atom. The normalized spacial score (nSPS) is 18.3. The van der Waals surface area contributed by atoms with Crippen molar-refractivity contribution in [3.05, 3.63) is 94.8 Å². The van der Waals surface area contributed by atoms with Crippen LogP contribution in [0.5, 0.6) is 0 Å². The molecule has 0 spiro atoms. The Bertz CT molecular complexity index is 3720. The van der Waals surface area contributed by atoms with Crippen LogP contribution >= 0.6 is 0 Å². The van der Waals surface area contributed by atoms with Crippen molar-refractivity contribution < 1.29 is 33.9 Å². The summed E-state index contributed by atoms with van der Waals surface area (Å²) in [4.78, 5) is 104. The largest absolute Gasteiger partial charge is 0.478 e. The molecule has 0 radical (unpaired) electrons. The number of amides is 5. The summed E-state index contributed by atoms with van der Waals surface area (Å²) >= 11 is 0. The van der Waals surface area contributed by atoms with E-state index in [2.05, 4.69) is 63.2 Å². The van der Waals surface area contributed by atoms with E-state index in [9.17, 15) is 33.9 Å². The SMILES string of the molecule is CCN1CCN(C(=O)c2ccc3c(c2)ncn3-c2nc(NC3CC3)n3ncc(/C=C4\CC(=O)NC4=O)c3n2)CC1.O=C1C/C(=C\c2cnn3c(NC4CC4)nc(-n4cnc5cc(C(=O)O)ccc54)nc23)C(=O)N1. The minimum atomic E-state index is -1.04. The number of carbonyl (C=O) groups excluding carboxylic acids is 5. The van der Waals surface area contributed by atoms with E-state index in [0.717, 1.165) is 50.8 Å². The van der Waals surface area contributed by atoms with Gasteiger partial charge >= 0.3 is 5.97 Å². The number of benzene rings is 2. The van der Waals surface area contributed by atoms with Gasteiger partial charge in [0.05, 0.1) is 52.9 Å². The van der Waals surface area contributed by atoms with Gasteiger partial charge in [0.1, 0.15) is 12.7 Å². The summed E-state index contributed by atoms with van der Waals surface area (Å²) in [5, 5.41) is 29.4. The standard InChI is InChI=1S/C27H28N10O3.C21H16N8O4/c1-2-34-7-9-35(10-8-34)25(40)16-3-6-21-20(12-16)28-15-36(21)26-32-23-18(11-17-13-22(38)31-24(17)39)14-29-37(23)27(33-26)30-19-4-5-19;30-16-7-11(18(31)25-16)5-12-8-23-29-17(12)26-20(27-21(29)24-13-2-3-13)28-9-22-14-6-10(19(32)33)1-4-15(14)28/h3,6,11-12,14-15,19H,2,4-5,7-10,13H2,1H3,(H,30,32,33)(H,31,38,39);1,4-6,8-9,13H,2-3,7H2,(H,32,33)(H,24,26,27)(H,25,30,31)/b17-11+;11-5+. The summed E-state index contributed by atoms with van der Waals surface area (Å²) in [6, 6.07) is 10.7. The van der Waals surface area contributed by atoms with Crippen LogP contribution < -0.4 is 21.3 Å². The molecule has 0 atom stereocenters. The van der Waals surface area contributed by atoms with Gasteiger partial charge in [-0.2, -0.15) is 39.2 Å². The fraction of sp³-hybridized carbons (Fsp3) is 0.292. The summed E-state index contributed by atoms with van der Waals surface area (Å²) in [6.07, 6.45) is 13.7. The van der Waals surface area contributed by atoms with Crippen molar-refractivity contribution in [2.75, 3.05) is 43.4 Å². The lowest BCUT2D eigenvalue weighted by Gasteiger charge is -2.34. The second kappa shape index (κ2) is 17.9. The topological polar surface area (TPSA) is 299 Å². The lowest BCUT2D eigenvalue weighted by atomic mass is 10.1. The number of hydrogen-bond acceptors (Lipinski definition) is 17. The number of piperazine rings is 1. The maximum atomic E-state index is 13.2. The molecule has 73 heavy (non-hydrogen) atoms. The highest BCUT2D eigenvalue weighted by Crippen LogP contribution is 2.29. The van der Waals surface area contributed by atoms with Gasteiger partial charge in [-0.1, -0.05) is 6.92 Å². The van der Waals surface area contributed by atoms with Crippen molar-refractivity contribution in [1.29, 1.82) is 0 Å². The Morgan fingerprint density at radius 3 is 1.59 bits per heavy atom. The number of carboxylic acid groups (broad SMARTS) is 1. The number of fused-ring (bicyclic) bond motifs is 4. The molecule has 0 bridgehead atoms. The molecule has 0 unspecified atom stereocenters. The number of carbonyl (C=O) groups is 6. The van der Waals surface area contributed by atoms with Gasteiger partial charge in [-0.3, -0.25) is 43.7 Å². The number of hydrogen-bond donors (Lipinski definition) is 5. The summed E-state index contributed by atoms with van der Waals surface area (Å²) in [7, 11) is 0. The van der Waals surface area contributed by atoms with Crippen LogP contribution in [0.25, 0.3) is 57.4 Å². The molecule has 13 rings (SSSR count). The molecule has 3 aliphatic heterocycles. The number of nitrogens with zero attached hydrogens (tertiary/aromatic N) is 14. The minimum absolute atomic E-state index is 0.000631. The maximum absolute atomic E-state index is 13.2. The van der Waals surface area contributed by atoms with E-state index in [1.165, 1.54) is 18.5 Å². The molecule has 368 valence electrons. The molecule has 25 nitrogen and oxygen atoms in total. The molecule has 3 saturated heterocycles. The number of anilines is 2. The minimum Gasteiger partial charge on any atom is -0.478 e. The number of rotatable bonds is 11. The number of imidazole rings is 2. The molecular weight excluding hydrogens is 941 g/mol. The molecule has 25 heteroatoms. The quantitative estimate of drug-likeness (QED) is 0.0918. The molecule has 5 N–H and O–H groups in total. The summed E-state index contributed by atoms with van der Waals surface area (Å²) in [5.41, 5.74) is 6.09. The van der Waals surface area contributed by atoms with Crippen LogP contribution in [0.4, 0.5) is 11.9 Å². The van der Waals surface area contributed by atoms with E-state index in [1.807, 2.05) is 23.1 Å². The van der Waals surface area contributed by atoms with E-state index in [4.69, 9.17) is 9.97 Å². The van der Waals surface area contributed by atoms with Gasteiger partial charge in [0.25, 0.3) is 17.7 Å². The second-order valence-electron chi connectivity index (χ2n) is 18.3. The molecule has 2 aromatic carbocycles. The monoisotopic (exact) mass is 984 g/mol. The third-order valence-corrected chi connectivity index (χ3v) is 13.2. The zero-order valence-corrected chi connectivity index (χ0v) is 39.0. The smallest absolute Gasteiger partial charge is 0.335 e. The molecule has 8 aromatic rings. The van der Waals surface area contributed by atoms with E-state index in [1.54, 1.807) is 55.1 Å². The molecule has 2 saturated carbocycles. The van der Waals surface area contributed by atoms with Crippen molar-refractivity contribution >= 4 is 92.9 Å². The first-order valence-electron chi connectivity index (χ1n) is 23.8. The fourth-order valence-electron chi connectivity index (χ4n) is 8.87. The van der Waals surface area contributed by atoms with Crippen LogP contribution in [0.15, 0.2) is 72.6 Å². The van der Waals surface area contributed by atoms with Crippen molar-refractivity contribution in [1.82, 2.24) is 78.7 Å². The summed E-state index contributed by atoms with van der Waals surface area (Å²) in [6.45, 7) is 6.31. The maximum Gasteiger partial charge on any atom is 0.335 e. The number of carboxylic acids is 1. The number of likely N-dealkylation sites (N-methyl/N-ethyl adjacent to an activating group) is 1. The predicted octanol–water partition coefficient (Wildman–Crippen LogP) is 2.41. The van der Waals surface area contributed by atoms with E-state index in [0.29, 0.717) is 98.6 Å². The van der Waals surface area contributed by atoms with Crippen molar-refractivity contribution in [3.8, 4) is 11.9 Å². The van der Waals surface area contributed by atoms with Crippen LogP contribution in [-0.2, 0) is 19.2 Å². The van der Waals surface area contributed by atoms with Crippen LogP contribution in [0.1, 0.15) is 77.3 Å². The van der Waals surface area contributed by atoms with Crippen LogP contribution in [-0.4, -0.2) is 153 Å². The first-order chi connectivity index (χ1) is 35.4. The molecule has 2 aliphatic carbocycles. The predicted molar refractivity (Wildman–Crippen MR) is 261 cm³/mol. The van der Waals surface area contributed by atoms with Gasteiger partial charge in [0.15, 0.2) is 11.3 Å². The third-order valence-electron chi connectivity index (χ3n) is 13.2. The van der Waals surface area contributed by atoms with Crippen LogP contribution in [0.3, 0.4) is 0 Å². The van der Waals surface area contributed by atoms with E-state index >= 15 is 0 Å². The Balaban J connectivity index is 0.000000151. The highest BCUT2D eigenvalue weighted by atomic mass is 16.4. The second-order valence-corrected chi connectivity index (χ2v) is 18.3. The molecule has 5 amide bonds. The summed E-state index contributed by atoms with van der Waals surface area (Å²) in [5.74, 6) is -0.850. The van der Waals surface area contributed by atoms with Crippen molar-refractivity contribution in [3.63, 3.8) is 0 Å². The highest BCUT2D eigenvalue weighted by Gasteiger charge is 2.29.